The Labute approximate surface area is 179 Å². The highest BCUT2D eigenvalue weighted by molar-refractivity contribution is 7.98. The van der Waals surface area contributed by atoms with Crippen LogP contribution in [-0.2, 0) is 15.8 Å². The van der Waals surface area contributed by atoms with Gasteiger partial charge in [-0.25, -0.2) is 8.42 Å². The Morgan fingerprint density at radius 2 is 1.80 bits per heavy atom. The predicted molar refractivity (Wildman–Crippen MR) is 117 cm³/mol. The van der Waals surface area contributed by atoms with Crippen LogP contribution in [0.3, 0.4) is 0 Å². The molecule has 8 nitrogen and oxygen atoms in total. The Morgan fingerprint density at radius 1 is 1.10 bits per heavy atom. The zero-order chi connectivity index (χ0) is 21.6. The van der Waals surface area contributed by atoms with E-state index in [4.69, 9.17) is 4.52 Å². The van der Waals surface area contributed by atoms with Crippen molar-refractivity contribution in [1.82, 2.24) is 10.1 Å². The van der Waals surface area contributed by atoms with Gasteiger partial charge in [-0.05, 0) is 42.8 Å². The van der Waals surface area contributed by atoms with Gasteiger partial charge in [-0.15, -0.1) is 11.8 Å². The number of rotatable bonds is 9. The van der Waals surface area contributed by atoms with Crippen LogP contribution in [0.4, 0.5) is 11.4 Å². The molecular weight excluding hydrogens is 424 g/mol. The van der Waals surface area contributed by atoms with Crippen molar-refractivity contribution in [2.24, 2.45) is 0 Å². The molecular formula is C20H22N4O4S2. The summed E-state index contributed by atoms with van der Waals surface area (Å²) in [5.41, 5.74) is 1.54. The summed E-state index contributed by atoms with van der Waals surface area (Å²) < 4.78 is 31.2. The second-order valence-corrected chi connectivity index (χ2v) is 9.33. The number of aryl methyl sites for hydroxylation is 1. The highest BCUT2D eigenvalue weighted by atomic mass is 32.2. The van der Waals surface area contributed by atoms with Crippen molar-refractivity contribution < 1.29 is 17.7 Å². The largest absolute Gasteiger partial charge is 0.340 e. The maximum atomic E-state index is 12.8. The second kappa shape index (κ2) is 9.77. The topological polar surface area (TPSA) is 114 Å². The van der Waals surface area contributed by atoms with Crippen LogP contribution in [0.15, 0.2) is 57.9 Å². The van der Waals surface area contributed by atoms with Gasteiger partial charge in [-0.2, -0.15) is 4.98 Å². The van der Waals surface area contributed by atoms with Gasteiger partial charge in [-0.3, -0.25) is 9.52 Å². The molecule has 1 heterocycles. The number of aromatic nitrogens is 2. The van der Waals surface area contributed by atoms with E-state index in [0.29, 0.717) is 40.8 Å². The summed E-state index contributed by atoms with van der Waals surface area (Å²) in [6.45, 7) is 3.53. The van der Waals surface area contributed by atoms with Gasteiger partial charge in [0, 0.05) is 23.2 Å². The SMILES string of the molecule is CCCS(=O)(=O)Nc1ccc(NC(=O)c2ccccc2SCc2noc(C)n2)cc1. The molecule has 0 aliphatic carbocycles. The van der Waals surface area contributed by atoms with Gasteiger partial charge in [-0.1, -0.05) is 24.2 Å². The van der Waals surface area contributed by atoms with Gasteiger partial charge >= 0.3 is 0 Å². The van der Waals surface area contributed by atoms with Gasteiger partial charge in [0.05, 0.1) is 17.1 Å². The van der Waals surface area contributed by atoms with Gasteiger partial charge in [0.2, 0.25) is 15.9 Å². The van der Waals surface area contributed by atoms with Crippen molar-refractivity contribution in [3.63, 3.8) is 0 Å². The molecule has 1 aromatic heterocycles. The first kappa shape index (κ1) is 21.8. The number of amides is 1. The predicted octanol–water partition coefficient (Wildman–Crippen LogP) is 4.07. The van der Waals surface area contributed by atoms with Gasteiger partial charge in [0.25, 0.3) is 5.91 Å². The fraction of sp³-hybridized carbons (Fsp3) is 0.250. The standard InChI is InChI=1S/C20H22N4O4S2/c1-3-12-30(26,27)24-16-10-8-15(9-11-16)22-20(25)17-6-4-5-7-18(17)29-13-19-21-14(2)28-23-19/h4-11,24H,3,12-13H2,1-2H3,(H,22,25). The molecule has 10 heteroatoms. The lowest BCUT2D eigenvalue weighted by Gasteiger charge is -2.11. The van der Waals surface area contributed by atoms with Crippen LogP contribution >= 0.6 is 11.8 Å². The molecule has 1 amide bonds. The number of thioether (sulfide) groups is 1. The van der Waals surface area contributed by atoms with Crippen LogP contribution in [0.25, 0.3) is 0 Å². The number of sulfonamides is 1. The lowest BCUT2D eigenvalue weighted by molar-refractivity contribution is 0.102. The van der Waals surface area contributed by atoms with Crippen LogP contribution in [0.1, 0.15) is 35.4 Å². The number of benzene rings is 2. The zero-order valence-electron chi connectivity index (χ0n) is 16.6. The van der Waals surface area contributed by atoms with E-state index in [1.165, 1.54) is 11.8 Å². The molecule has 0 atom stereocenters. The fourth-order valence-corrected chi connectivity index (χ4v) is 4.67. The van der Waals surface area contributed by atoms with Crippen molar-refractivity contribution in [2.45, 2.75) is 30.9 Å². The molecule has 3 rings (SSSR count). The number of hydrogen-bond acceptors (Lipinski definition) is 7. The van der Waals surface area contributed by atoms with Crippen molar-refractivity contribution >= 4 is 39.1 Å². The quantitative estimate of drug-likeness (QED) is 0.476. The number of nitrogens with zero attached hydrogens (tertiary/aromatic N) is 2. The van der Waals surface area contributed by atoms with E-state index in [9.17, 15) is 13.2 Å². The van der Waals surface area contributed by atoms with E-state index in [1.54, 1.807) is 50.2 Å². The van der Waals surface area contributed by atoms with Gasteiger partial charge in [0.1, 0.15) is 0 Å². The Hall–Kier alpha value is -2.85. The van der Waals surface area contributed by atoms with Gasteiger partial charge < -0.3 is 9.84 Å². The first-order valence-corrected chi connectivity index (χ1v) is 11.9. The fourth-order valence-electron chi connectivity index (χ4n) is 2.64. The van der Waals surface area contributed by atoms with Crippen LogP contribution in [0.5, 0.6) is 0 Å². The molecule has 0 saturated carbocycles. The molecule has 0 unspecified atom stereocenters. The molecule has 30 heavy (non-hydrogen) atoms. The summed E-state index contributed by atoms with van der Waals surface area (Å²) >= 11 is 1.44. The van der Waals surface area contributed by atoms with Crippen molar-refractivity contribution in [1.29, 1.82) is 0 Å². The summed E-state index contributed by atoms with van der Waals surface area (Å²) in [7, 11) is -3.35. The van der Waals surface area contributed by atoms with E-state index < -0.39 is 10.0 Å². The molecule has 0 radical (unpaired) electrons. The van der Waals surface area contributed by atoms with Crippen LogP contribution in [-0.4, -0.2) is 30.2 Å². The van der Waals surface area contributed by atoms with E-state index in [-0.39, 0.29) is 11.7 Å². The average molecular weight is 447 g/mol. The molecule has 3 aromatic rings. The Balaban J connectivity index is 1.66. The van der Waals surface area contributed by atoms with E-state index in [2.05, 4.69) is 20.2 Å². The highest BCUT2D eigenvalue weighted by Gasteiger charge is 2.14. The molecule has 158 valence electrons. The maximum Gasteiger partial charge on any atom is 0.256 e. The summed E-state index contributed by atoms with van der Waals surface area (Å²) in [6, 6.07) is 13.8. The molecule has 0 saturated heterocycles. The Morgan fingerprint density at radius 3 is 2.47 bits per heavy atom. The molecule has 2 aromatic carbocycles. The monoisotopic (exact) mass is 446 g/mol. The number of anilines is 2. The highest BCUT2D eigenvalue weighted by Crippen LogP contribution is 2.26. The maximum absolute atomic E-state index is 12.8. The first-order valence-electron chi connectivity index (χ1n) is 9.29. The van der Waals surface area contributed by atoms with E-state index in [1.807, 2.05) is 12.1 Å². The lowest BCUT2D eigenvalue weighted by atomic mass is 10.2. The summed E-state index contributed by atoms with van der Waals surface area (Å²) in [5, 5.41) is 6.70. The van der Waals surface area contributed by atoms with Crippen molar-refractivity contribution in [3.05, 3.63) is 65.8 Å². The first-order chi connectivity index (χ1) is 14.4. The van der Waals surface area contributed by atoms with Gasteiger partial charge in [0.15, 0.2) is 5.82 Å². The molecule has 0 bridgehead atoms. The third kappa shape index (κ3) is 6.07. The second-order valence-electron chi connectivity index (χ2n) is 6.47. The summed E-state index contributed by atoms with van der Waals surface area (Å²) in [5.74, 6) is 1.34. The third-order valence-electron chi connectivity index (χ3n) is 3.95. The number of carbonyl (C=O) groups excluding carboxylic acids is 1. The van der Waals surface area contributed by atoms with Crippen LogP contribution < -0.4 is 10.0 Å². The Kier molecular flexibility index (Phi) is 7.11. The number of carbonyl (C=O) groups is 1. The van der Waals surface area contributed by atoms with Crippen molar-refractivity contribution in [3.8, 4) is 0 Å². The minimum Gasteiger partial charge on any atom is -0.340 e. The van der Waals surface area contributed by atoms with E-state index >= 15 is 0 Å². The molecule has 0 fully saturated rings. The van der Waals surface area contributed by atoms with Crippen LogP contribution in [0.2, 0.25) is 0 Å². The minimum absolute atomic E-state index is 0.0589. The average Bonchev–Trinajstić information content (AvgIpc) is 3.13. The van der Waals surface area contributed by atoms with Crippen molar-refractivity contribution in [2.75, 3.05) is 15.8 Å². The molecule has 0 aliphatic rings. The summed E-state index contributed by atoms with van der Waals surface area (Å²) in [4.78, 5) is 17.7. The zero-order valence-corrected chi connectivity index (χ0v) is 18.2. The summed E-state index contributed by atoms with van der Waals surface area (Å²) in [6.07, 6.45) is 0.535. The third-order valence-corrected chi connectivity index (χ3v) is 6.51. The molecule has 0 aliphatic heterocycles. The van der Waals surface area contributed by atoms with Crippen LogP contribution in [0, 0.1) is 6.92 Å². The minimum atomic E-state index is -3.35. The van der Waals surface area contributed by atoms with E-state index in [0.717, 1.165) is 4.90 Å². The molecule has 0 spiro atoms. The lowest BCUT2D eigenvalue weighted by Crippen LogP contribution is -2.16. The smallest absolute Gasteiger partial charge is 0.256 e. The normalized spacial score (nSPS) is 11.3. The number of hydrogen-bond donors (Lipinski definition) is 2. The number of nitrogens with one attached hydrogen (secondary N) is 2. The Bertz CT molecular complexity index is 1110. The molecule has 2 N–H and O–H groups in total.